The van der Waals surface area contributed by atoms with Gasteiger partial charge in [0.05, 0.1) is 10.2 Å². The molecule has 5 heteroatoms. The Hall–Kier alpha value is -1.31. The van der Waals surface area contributed by atoms with Crippen molar-refractivity contribution < 1.29 is 0 Å². The molecule has 1 heterocycles. The molecule has 74 valence electrons. The predicted octanol–water partition coefficient (Wildman–Crippen LogP) is 3.16. The van der Waals surface area contributed by atoms with Gasteiger partial charge < -0.3 is 0 Å². The highest BCUT2D eigenvalue weighted by Crippen LogP contribution is 2.19. The van der Waals surface area contributed by atoms with Gasteiger partial charge in [-0.25, -0.2) is 4.68 Å². The predicted molar refractivity (Wildman–Crippen MR) is 61.0 cm³/mol. The normalized spacial score (nSPS) is 9.93. The molecule has 0 N–H and O–H groups in total. The van der Waals surface area contributed by atoms with Crippen molar-refractivity contribution in [3.05, 3.63) is 45.7 Å². The van der Waals surface area contributed by atoms with Crippen molar-refractivity contribution in [3.63, 3.8) is 0 Å². The van der Waals surface area contributed by atoms with E-state index in [1.807, 2.05) is 18.2 Å². The summed E-state index contributed by atoms with van der Waals surface area (Å²) in [4.78, 5) is 0. The molecule has 2 rings (SSSR count). The van der Waals surface area contributed by atoms with Gasteiger partial charge >= 0.3 is 0 Å². The molecular weight excluding hydrogens is 277 g/mol. The lowest BCUT2D eigenvalue weighted by Gasteiger charge is -2.00. The quantitative estimate of drug-likeness (QED) is 0.806. The first-order valence-corrected chi connectivity index (χ1v) is 5.29. The molecule has 1 aromatic heterocycles. The summed E-state index contributed by atoms with van der Waals surface area (Å²) in [5.41, 5.74) is 1.18. The molecule has 0 bridgehead atoms. The van der Waals surface area contributed by atoms with E-state index in [-0.39, 0.29) is 0 Å². The van der Waals surface area contributed by atoms with E-state index < -0.39 is 0 Å². The first-order chi connectivity index (χ1) is 7.20. The van der Waals surface area contributed by atoms with Crippen molar-refractivity contribution in [2.24, 2.45) is 0 Å². The number of benzene rings is 1. The van der Waals surface area contributed by atoms with Gasteiger partial charge in [-0.2, -0.15) is 10.4 Å². The van der Waals surface area contributed by atoms with Crippen LogP contribution in [-0.2, 0) is 0 Å². The third-order valence-corrected chi connectivity index (χ3v) is 2.66. The molecule has 0 spiro atoms. The van der Waals surface area contributed by atoms with Crippen molar-refractivity contribution >= 4 is 27.5 Å². The summed E-state index contributed by atoms with van der Waals surface area (Å²) in [6, 6.07) is 9.25. The van der Waals surface area contributed by atoms with Crippen LogP contribution in [0.5, 0.6) is 0 Å². The molecule has 2 aromatic rings. The number of hydrogen-bond donors (Lipinski definition) is 0. The van der Waals surface area contributed by atoms with Gasteiger partial charge in [-0.15, -0.1) is 0 Å². The number of rotatable bonds is 1. The molecule has 15 heavy (non-hydrogen) atoms. The van der Waals surface area contributed by atoms with Crippen LogP contribution in [0.1, 0.15) is 5.69 Å². The first-order valence-electron chi connectivity index (χ1n) is 4.12. The molecule has 0 fully saturated rings. The van der Waals surface area contributed by atoms with Crippen molar-refractivity contribution in [2.45, 2.75) is 0 Å². The van der Waals surface area contributed by atoms with Gasteiger partial charge in [-0.05, 0) is 34.1 Å². The topological polar surface area (TPSA) is 41.6 Å². The minimum absolute atomic E-state index is 0.356. The Kier molecular flexibility index (Phi) is 2.76. The van der Waals surface area contributed by atoms with E-state index in [9.17, 15) is 0 Å². The van der Waals surface area contributed by atoms with Crippen LogP contribution in [0.4, 0.5) is 0 Å². The molecule has 0 aliphatic heterocycles. The second kappa shape index (κ2) is 4.05. The summed E-state index contributed by atoms with van der Waals surface area (Å²) in [5, 5.41) is 13.5. The van der Waals surface area contributed by atoms with Gasteiger partial charge in [0.1, 0.15) is 6.07 Å². The number of nitriles is 1. The summed E-state index contributed by atoms with van der Waals surface area (Å²) in [7, 11) is 0. The lowest BCUT2D eigenvalue weighted by atomic mass is 10.3. The van der Waals surface area contributed by atoms with E-state index in [1.54, 1.807) is 23.0 Å². The fourth-order valence-electron chi connectivity index (χ4n) is 1.18. The summed E-state index contributed by atoms with van der Waals surface area (Å²) < 4.78 is 2.28. The Labute approximate surface area is 100 Å². The monoisotopic (exact) mass is 281 g/mol. The molecule has 0 aliphatic rings. The first kappa shape index (κ1) is 10.2. The number of hydrogen-bond acceptors (Lipinski definition) is 2. The van der Waals surface area contributed by atoms with E-state index in [4.69, 9.17) is 16.9 Å². The minimum Gasteiger partial charge on any atom is -0.238 e. The largest absolute Gasteiger partial charge is 0.238 e. The average Bonchev–Trinajstić information content (AvgIpc) is 2.60. The van der Waals surface area contributed by atoms with E-state index in [0.29, 0.717) is 15.2 Å². The molecule has 0 atom stereocenters. The molecule has 0 amide bonds. The Morgan fingerprint density at radius 3 is 2.87 bits per heavy atom. The van der Waals surface area contributed by atoms with E-state index in [1.165, 1.54) is 0 Å². The van der Waals surface area contributed by atoms with Crippen molar-refractivity contribution in [1.82, 2.24) is 9.78 Å². The maximum atomic E-state index is 8.75. The van der Waals surface area contributed by atoms with Crippen LogP contribution in [0, 0.1) is 11.3 Å². The van der Waals surface area contributed by atoms with Gasteiger partial charge in [0.2, 0.25) is 0 Å². The van der Waals surface area contributed by atoms with Crippen LogP contribution in [0.25, 0.3) is 5.69 Å². The Morgan fingerprint density at radius 2 is 2.27 bits per heavy atom. The highest BCUT2D eigenvalue weighted by atomic mass is 79.9. The van der Waals surface area contributed by atoms with Crippen molar-refractivity contribution in [1.29, 1.82) is 5.26 Å². The Morgan fingerprint density at radius 1 is 1.47 bits per heavy atom. The molecule has 0 saturated heterocycles. The van der Waals surface area contributed by atoms with Crippen LogP contribution in [-0.4, -0.2) is 9.78 Å². The molecule has 0 aliphatic carbocycles. The zero-order valence-corrected chi connectivity index (χ0v) is 9.83. The van der Waals surface area contributed by atoms with Crippen LogP contribution in [0.2, 0.25) is 5.02 Å². The van der Waals surface area contributed by atoms with E-state index in [2.05, 4.69) is 21.0 Å². The molecule has 0 saturated carbocycles. The van der Waals surface area contributed by atoms with Gasteiger partial charge in [0, 0.05) is 11.2 Å². The third-order valence-electron chi connectivity index (χ3n) is 1.85. The lowest BCUT2D eigenvalue weighted by molar-refractivity contribution is 0.873. The highest BCUT2D eigenvalue weighted by molar-refractivity contribution is 9.10. The zero-order valence-electron chi connectivity index (χ0n) is 7.48. The zero-order chi connectivity index (χ0) is 10.8. The SMILES string of the molecule is N#Cc1nn(-c2cccc(Cl)c2)cc1Br. The third kappa shape index (κ3) is 2.04. The van der Waals surface area contributed by atoms with E-state index in [0.717, 1.165) is 5.69 Å². The second-order valence-electron chi connectivity index (χ2n) is 2.86. The summed E-state index contributed by atoms with van der Waals surface area (Å²) in [5.74, 6) is 0. The Balaban J connectivity index is 2.51. The summed E-state index contributed by atoms with van der Waals surface area (Å²) >= 11 is 9.11. The van der Waals surface area contributed by atoms with Gasteiger partial charge in [-0.1, -0.05) is 17.7 Å². The number of halogens is 2. The molecule has 0 unspecified atom stereocenters. The molecule has 3 nitrogen and oxygen atoms in total. The summed E-state index contributed by atoms with van der Waals surface area (Å²) in [6.45, 7) is 0. The minimum atomic E-state index is 0.356. The Bertz CT molecular complexity index is 542. The maximum absolute atomic E-state index is 8.75. The van der Waals surface area contributed by atoms with Crippen molar-refractivity contribution in [2.75, 3.05) is 0 Å². The van der Waals surface area contributed by atoms with E-state index >= 15 is 0 Å². The smallest absolute Gasteiger partial charge is 0.177 e. The standard InChI is InChI=1S/C10H5BrClN3/c11-9-6-15(14-10(9)5-13)8-3-1-2-7(12)4-8/h1-4,6H. The molecule has 1 aromatic carbocycles. The van der Waals surface area contributed by atoms with Crippen molar-refractivity contribution in [3.8, 4) is 11.8 Å². The maximum Gasteiger partial charge on any atom is 0.177 e. The van der Waals surface area contributed by atoms with Crippen LogP contribution in [0.15, 0.2) is 34.9 Å². The second-order valence-corrected chi connectivity index (χ2v) is 4.15. The fourth-order valence-corrected chi connectivity index (χ4v) is 1.73. The lowest BCUT2D eigenvalue weighted by Crippen LogP contribution is -1.94. The average molecular weight is 283 g/mol. The number of nitrogens with zero attached hydrogens (tertiary/aromatic N) is 3. The fraction of sp³-hybridized carbons (Fsp3) is 0. The number of aromatic nitrogens is 2. The van der Waals surface area contributed by atoms with Crippen LogP contribution >= 0.6 is 27.5 Å². The summed E-state index contributed by atoms with van der Waals surface area (Å²) in [6.07, 6.45) is 1.73. The van der Waals surface area contributed by atoms with Gasteiger partial charge in [0.25, 0.3) is 0 Å². The molecular formula is C10H5BrClN3. The van der Waals surface area contributed by atoms with Gasteiger partial charge in [-0.3, -0.25) is 0 Å². The van der Waals surface area contributed by atoms with Crippen LogP contribution < -0.4 is 0 Å². The highest BCUT2D eigenvalue weighted by Gasteiger charge is 2.06. The molecule has 0 radical (unpaired) electrons. The van der Waals surface area contributed by atoms with Crippen LogP contribution in [0.3, 0.4) is 0 Å². The van der Waals surface area contributed by atoms with Gasteiger partial charge in [0.15, 0.2) is 5.69 Å².